The highest BCUT2D eigenvalue weighted by Gasteiger charge is 2.59. The zero-order chi connectivity index (χ0) is 23.1. The maximum absolute atomic E-state index is 14.1. The van der Waals surface area contributed by atoms with E-state index >= 15 is 0 Å². The third-order valence-electron chi connectivity index (χ3n) is 6.97. The first-order valence-electron chi connectivity index (χ1n) is 11.1. The summed E-state index contributed by atoms with van der Waals surface area (Å²) < 4.78 is 34.8. The monoisotopic (exact) mass is 453 g/mol. The molecule has 32 heavy (non-hydrogen) atoms. The van der Waals surface area contributed by atoms with E-state index in [9.17, 15) is 13.2 Å². The van der Waals surface area contributed by atoms with E-state index in [1.807, 2.05) is 57.2 Å². The van der Waals surface area contributed by atoms with Crippen LogP contribution in [0.4, 0.5) is 5.69 Å². The highest BCUT2D eigenvalue weighted by Crippen LogP contribution is 2.57. The lowest BCUT2D eigenvalue weighted by Crippen LogP contribution is -2.56. The molecule has 0 unspecified atom stereocenters. The summed E-state index contributed by atoms with van der Waals surface area (Å²) in [6, 6.07) is 14.1. The number of allylic oxidation sites excluding steroid dienone is 2. The number of methoxy groups -OCH3 is 1. The summed E-state index contributed by atoms with van der Waals surface area (Å²) >= 11 is 0. The second kappa shape index (κ2) is 8.39. The molecule has 0 radical (unpaired) electrons. The first-order chi connectivity index (χ1) is 15.2. The second-order valence-electron chi connectivity index (χ2n) is 9.24. The van der Waals surface area contributed by atoms with Crippen molar-refractivity contribution in [2.45, 2.75) is 62.8 Å². The molecule has 0 saturated heterocycles. The number of para-hydroxylation sites is 1. The number of rotatable bonds is 5. The number of anilines is 1. The molecule has 3 atom stereocenters. The standard InChI is InChI=1S/C26H31NO4S/c1-18(2)15-17-26-16-7-8-21(25(28)31-4)24(26)27(23-10-6-5-9-22(23)26)32(29,30)20-13-11-19(3)12-14-20/h5-6,9-15,21,24H,7-8,16-17H2,1-4H3/t21-,24+,26-/m1/s1. The van der Waals surface area contributed by atoms with Gasteiger partial charge < -0.3 is 4.74 Å². The quantitative estimate of drug-likeness (QED) is 0.465. The van der Waals surface area contributed by atoms with E-state index in [1.165, 1.54) is 17.0 Å². The number of esters is 1. The molecule has 0 N–H and O–H groups in total. The van der Waals surface area contributed by atoms with Crippen LogP contribution in [-0.2, 0) is 25.0 Å². The van der Waals surface area contributed by atoms with Crippen LogP contribution in [0.2, 0.25) is 0 Å². The highest BCUT2D eigenvalue weighted by atomic mass is 32.2. The molecular formula is C26H31NO4S. The molecule has 1 heterocycles. The lowest BCUT2D eigenvalue weighted by molar-refractivity contribution is -0.148. The van der Waals surface area contributed by atoms with Crippen LogP contribution in [-0.4, -0.2) is 27.5 Å². The van der Waals surface area contributed by atoms with Crippen molar-refractivity contribution in [2.75, 3.05) is 11.4 Å². The molecule has 1 saturated carbocycles. The summed E-state index contributed by atoms with van der Waals surface area (Å²) in [6.45, 7) is 6.03. The third kappa shape index (κ3) is 3.54. The van der Waals surface area contributed by atoms with Gasteiger partial charge in [-0.1, -0.05) is 54.0 Å². The number of ether oxygens (including phenoxy) is 1. The lowest BCUT2D eigenvalue weighted by Gasteiger charge is -2.45. The molecule has 2 aromatic rings. The van der Waals surface area contributed by atoms with Gasteiger partial charge in [-0.05, 0) is 63.8 Å². The molecule has 1 aliphatic heterocycles. The summed E-state index contributed by atoms with van der Waals surface area (Å²) in [5, 5.41) is 0. The molecule has 5 nitrogen and oxygen atoms in total. The van der Waals surface area contributed by atoms with E-state index in [0.29, 0.717) is 18.5 Å². The van der Waals surface area contributed by atoms with Crippen LogP contribution in [0.1, 0.15) is 50.7 Å². The summed E-state index contributed by atoms with van der Waals surface area (Å²) in [7, 11) is -2.50. The van der Waals surface area contributed by atoms with Gasteiger partial charge >= 0.3 is 5.97 Å². The normalized spacial score (nSPS) is 24.4. The van der Waals surface area contributed by atoms with E-state index in [2.05, 4.69) is 6.08 Å². The van der Waals surface area contributed by atoms with Crippen molar-refractivity contribution in [1.29, 1.82) is 0 Å². The Bertz CT molecular complexity index is 1150. The first kappa shape index (κ1) is 22.6. The van der Waals surface area contributed by atoms with Gasteiger partial charge in [0.05, 0.1) is 29.7 Å². The predicted molar refractivity (Wildman–Crippen MR) is 126 cm³/mol. The minimum absolute atomic E-state index is 0.241. The Kier molecular flexibility index (Phi) is 5.93. The van der Waals surface area contributed by atoms with Gasteiger partial charge in [0.2, 0.25) is 0 Å². The van der Waals surface area contributed by atoms with Crippen molar-refractivity contribution in [3.8, 4) is 0 Å². The van der Waals surface area contributed by atoms with Crippen molar-refractivity contribution in [3.05, 3.63) is 71.3 Å². The Morgan fingerprint density at radius 3 is 2.50 bits per heavy atom. The Labute approximate surface area is 191 Å². The van der Waals surface area contributed by atoms with Crippen LogP contribution in [0.15, 0.2) is 65.1 Å². The molecule has 1 aliphatic carbocycles. The number of benzene rings is 2. The maximum Gasteiger partial charge on any atom is 0.310 e. The zero-order valence-corrected chi connectivity index (χ0v) is 20.0. The summed E-state index contributed by atoms with van der Waals surface area (Å²) in [4.78, 5) is 13.2. The van der Waals surface area contributed by atoms with Crippen LogP contribution >= 0.6 is 0 Å². The molecule has 0 aromatic heterocycles. The van der Waals surface area contributed by atoms with Crippen molar-refractivity contribution in [1.82, 2.24) is 0 Å². The largest absolute Gasteiger partial charge is 0.469 e. The number of hydrogen-bond donors (Lipinski definition) is 0. The number of aryl methyl sites for hydroxylation is 1. The number of nitrogens with zero attached hydrogens (tertiary/aromatic N) is 1. The highest BCUT2D eigenvalue weighted by molar-refractivity contribution is 7.92. The molecule has 2 aromatic carbocycles. The predicted octanol–water partition coefficient (Wildman–Crippen LogP) is 5.14. The Morgan fingerprint density at radius 1 is 1.16 bits per heavy atom. The number of fused-ring (bicyclic) bond motifs is 3. The fourth-order valence-corrected chi connectivity index (χ4v) is 7.24. The van der Waals surface area contributed by atoms with Crippen molar-refractivity contribution < 1.29 is 17.9 Å². The van der Waals surface area contributed by atoms with Gasteiger partial charge in [0.1, 0.15) is 0 Å². The van der Waals surface area contributed by atoms with Gasteiger partial charge in [-0.25, -0.2) is 8.42 Å². The van der Waals surface area contributed by atoms with Crippen molar-refractivity contribution in [2.24, 2.45) is 5.92 Å². The fourth-order valence-electron chi connectivity index (χ4n) is 5.47. The second-order valence-corrected chi connectivity index (χ2v) is 11.1. The topological polar surface area (TPSA) is 63.7 Å². The smallest absolute Gasteiger partial charge is 0.310 e. The Hall–Kier alpha value is -2.60. The number of hydrogen-bond acceptors (Lipinski definition) is 4. The van der Waals surface area contributed by atoms with Gasteiger partial charge in [0.15, 0.2) is 0 Å². The Morgan fingerprint density at radius 2 is 1.84 bits per heavy atom. The zero-order valence-electron chi connectivity index (χ0n) is 19.2. The van der Waals surface area contributed by atoms with E-state index < -0.39 is 27.4 Å². The first-order valence-corrected chi connectivity index (χ1v) is 12.6. The average Bonchev–Trinajstić information content (AvgIpc) is 3.09. The van der Waals surface area contributed by atoms with Crippen molar-refractivity contribution in [3.63, 3.8) is 0 Å². The maximum atomic E-state index is 14.1. The molecule has 2 aliphatic rings. The van der Waals surface area contributed by atoms with Gasteiger partial charge in [-0.3, -0.25) is 9.10 Å². The van der Waals surface area contributed by atoms with Crippen LogP contribution in [0, 0.1) is 12.8 Å². The van der Waals surface area contributed by atoms with E-state index in [4.69, 9.17) is 4.74 Å². The molecule has 4 rings (SSSR count). The van der Waals surface area contributed by atoms with Gasteiger partial charge in [-0.2, -0.15) is 0 Å². The summed E-state index contributed by atoms with van der Waals surface area (Å²) in [5.74, 6) is -0.861. The molecule has 0 spiro atoms. The molecule has 170 valence electrons. The molecular weight excluding hydrogens is 422 g/mol. The van der Waals surface area contributed by atoms with Gasteiger partial charge in [0, 0.05) is 5.41 Å². The van der Waals surface area contributed by atoms with Crippen LogP contribution in [0.25, 0.3) is 0 Å². The average molecular weight is 454 g/mol. The summed E-state index contributed by atoms with van der Waals surface area (Å²) in [5.41, 5.74) is 3.38. The van der Waals surface area contributed by atoms with Crippen LogP contribution in [0.5, 0.6) is 0 Å². The van der Waals surface area contributed by atoms with Crippen LogP contribution in [0.3, 0.4) is 0 Å². The SMILES string of the molecule is COC(=O)[C@@H]1CCC[C@@]2(CC=C(C)C)c3ccccc3N(S(=O)(=O)c3ccc(C)cc3)[C@@H]12. The molecule has 1 fully saturated rings. The minimum atomic E-state index is -3.89. The van der Waals surface area contributed by atoms with Gasteiger partial charge in [0.25, 0.3) is 10.0 Å². The van der Waals surface area contributed by atoms with Crippen molar-refractivity contribution >= 4 is 21.7 Å². The number of carbonyl (C=O) groups is 1. The molecule has 0 bridgehead atoms. The fraction of sp³-hybridized carbons (Fsp3) is 0.423. The van der Waals surface area contributed by atoms with E-state index in [-0.39, 0.29) is 10.9 Å². The Balaban J connectivity index is 1.97. The number of sulfonamides is 1. The number of carbonyl (C=O) groups excluding carboxylic acids is 1. The summed E-state index contributed by atoms with van der Waals surface area (Å²) in [6.07, 6.45) is 5.14. The van der Waals surface area contributed by atoms with Crippen LogP contribution < -0.4 is 4.31 Å². The van der Waals surface area contributed by atoms with E-state index in [1.54, 1.807) is 12.1 Å². The molecule has 6 heteroatoms. The third-order valence-corrected chi connectivity index (χ3v) is 8.78. The van der Waals surface area contributed by atoms with E-state index in [0.717, 1.165) is 24.0 Å². The minimum Gasteiger partial charge on any atom is -0.469 e. The van der Waals surface area contributed by atoms with Gasteiger partial charge in [-0.15, -0.1) is 0 Å². The lowest BCUT2D eigenvalue weighted by atomic mass is 9.62. The molecule has 0 amide bonds.